The van der Waals surface area contributed by atoms with E-state index in [0.717, 1.165) is 30.7 Å². The zero-order valence-corrected chi connectivity index (χ0v) is 15.3. The van der Waals surface area contributed by atoms with Crippen molar-refractivity contribution in [3.8, 4) is 5.75 Å². The maximum Gasteiger partial charge on any atom is 0.245 e. The second kappa shape index (κ2) is 9.06. The minimum Gasteiger partial charge on any atom is -0.497 e. The van der Waals surface area contributed by atoms with Gasteiger partial charge in [0, 0.05) is 19.6 Å². The Kier molecular flexibility index (Phi) is 7.08. The molecule has 2 unspecified atom stereocenters. The van der Waals surface area contributed by atoms with Gasteiger partial charge in [-0.25, -0.2) is 0 Å². The van der Waals surface area contributed by atoms with Crippen LogP contribution in [0.4, 0.5) is 0 Å². The Morgan fingerprint density at radius 3 is 2.72 bits per heavy atom. The number of likely N-dealkylation sites (tertiary alicyclic amines) is 1. The fourth-order valence-electron chi connectivity index (χ4n) is 3.35. The van der Waals surface area contributed by atoms with Crippen molar-refractivity contribution >= 4 is 24.2 Å². The summed E-state index contributed by atoms with van der Waals surface area (Å²) in [7, 11) is 1.63. The van der Waals surface area contributed by atoms with Gasteiger partial charge in [-0.1, -0.05) is 12.1 Å². The molecule has 138 valence electrons. The molecule has 2 fully saturated rings. The van der Waals surface area contributed by atoms with Crippen LogP contribution >= 0.6 is 12.4 Å². The van der Waals surface area contributed by atoms with Crippen molar-refractivity contribution in [2.24, 2.45) is 5.92 Å². The van der Waals surface area contributed by atoms with E-state index in [4.69, 9.17) is 4.74 Å². The highest BCUT2D eigenvalue weighted by Gasteiger charge is 2.34. The van der Waals surface area contributed by atoms with Crippen LogP contribution < -0.4 is 15.4 Å². The van der Waals surface area contributed by atoms with Gasteiger partial charge in [-0.05, 0) is 43.5 Å². The lowest BCUT2D eigenvalue weighted by Crippen LogP contribution is -2.47. The summed E-state index contributed by atoms with van der Waals surface area (Å²) in [4.78, 5) is 26.6. The Hall–Kier alpha value is -1.79. The van der Waals surface area contributed by atoms with Gasteiger partial charge in [0.1, 0.15) is 11.8 Å². The second-order valence-electron chi connectivity index (χ2n) is 6.50. The van der Waals surface area contributed by atoms with Crippen molar-refractivity contribution in [3.63, 3.8) is 0 Å². The van der Waals surface area contributed by atoms with Crippen LogP contribution in [0.2, 0.25) is 0 Å². The number of halogens is 1. The van der Waals surface area contributed by atoms with Crippen LogP contribution in [0.3, 0.4) is 0 Å². The van der Waals surface area contributed by atoms with Crippen molar-refractivity contribution < 1.29 is 14.3 Å². The molecule has 2 amide bonds. The third-order valence-corrected chi connectivity index (χ3v) is 4.81. The molecule has 1 aromatic rings. The molecule has 2 heterocycles. The van der Waals surface area contributed by atoms with Crippen LogP contribution in [-0.4, -0.2) is 49.5 Å². The molecule has 2 aliphatic heterocycles. The SMILES string of the molecule is COc1ccc(CN2CCC(NC(=O)C3CCCNC3)C2=O)cc1.Cl. The smallest absolute Gasteiger partial charge is 0.245 e. The Morgan fingerprint density at radius 2 is 2.08 bits per heavy atom. The van der Waals surface area contributed by atoms with Crippen molar-refractivity contribution in [1.29, 1.82) is 0 Å². The Bertz CT molecular complexity index is 588. The first kappa shape index (κ1) is 19.5. The molecule has 1 aromatic carbocycles. The number of rotatable bonds is 5. The minimum absolute atomic E-state index is 0. The summed E-state index contributed by atoms with van der Waals surface area (Å²) in [6.07, 6.45) is 2.59. The Labute approximate surface area is 154 Å². The van der Waals surface area contributed by atoms with Gasteiger partial charge in [-0.15, -0.1) is 12.4 Å². The van der Waals surface area contributed by atoms with E-state index in [-0.39, 0.29) is 36.2 Å². The molecule has 25 heavy (non-hydrogen) atoms. The Morgan fingerprint density at radius 1 is 1.32 bits per heavy atom. The van der Waals surface area contributed by atoms with E-state index in [1.807, 2.05) is 29.2 Å². The summed E-state index contributed by atoms with van der Waals surface area (Å²) in [5.41, 5.74) is 1.06. The first-order valence-electron chi connectivity index (χ1n) is 8.60. The number of piperidine rings is 1. The third kappa shape index (κ3) is 4.86. The molecule has 0 spiro atoms. The highest BCUT2D eigenvalue weighted by atomic mass is 35.5. The maximum absolute atomic E-state index is 12.5. The standard InChI is InChI=1S/C18H25N3O3.ClH/c1-24-15-6-4-13(5-7-15)12-21-10-8-16(18(21)23)20-17(22)14-3-2-9-19-11-14;/h4-7,14,16,19H,2-3,8-12H2,1H3,(H,20,22);1H. The molecular weight excluding hydrogens is 342 g/mol. The number of methoxy groups -OCH3 is 1. The molecule has 2 N–H and O–H groups in total. The van der Waals surface area contributed by atoms with Crippen molar-refractivity contribution in [2.45, 2.75) is 31.8 Å². The van der Waals surface area contributed by atoms with Gasteiger partial charge < -0.3 is 20.3 Å². The number of hydrogen-bond acceptors (Lipinski definition) is 4. The zero-order chi connectivity index (χ0) is 16.9. The molecule has 6 nitrogen and oxygen atoms in total. The average molecular weight is 368 g/mol. The topological polar surface area (TPSA) is 70.7 Å². The molecule has 0 aliphatic carbocycles. The molecule has 2 atom stereocenters. The highest BCUT2D eigenvalue weighted by Crippen LogP contribution is 2.18. The van der Waals surface area contributed by atoms with E-state index in [1.165, 1.54) is 0 Å². The first-order valence-corrected chi connectivity index (χ1v) is 8.60. The van der Waals surface area contributed by atoms with Gasteiger partial charge in [0.15, 0.2) is 0 Å². The van der Waals surface area contributed by atoms with Crippen LogP contribution in [0.5, 0.6) is 5.75 Å². The van der Waals surface area contributed by atoms with E-state index in [1.54, 1.807) is 7.11 Å². The number of nitrogens with zero attached hydrogens (tertiary/aromatic N) is 1. The molecule has 2 aliphatic rings. The van der Waals surface area contributed by atoms with Crippen molar-refractivity contribution in [3.05, 3.63) is 29.8 Å². The summed E-state index contributed by atoms with van der Waals surface area (Å²) < 4.78 is 5.15. The number of benzene rings is 1. The van der Waals surface area contributed by atoms with Crippen LogP contribution in [0.1, 0.15) is 24.8 Å². The molecular formula is C18H26ClN3O3. The molecule has 7 heteroatoms. The number of carbonyl (C=O) groups excluding carboxylic acids is 2. The zero-order valence-electron chi connectivity index (χ0n) is 14.5. The summed E-state index contributed by atoms with van der Waals surface area (Å²) in [5.74, 6) is 0.815. The fourth-order valence-corrected chi connectivity index (χ4v) is 3.35. The van der Waals surface area contributed by atoms with Gasteiger partial charge >= 0.3 is 0 Å². The first-order chi connectivity index (χ1) is 11.7. The van der Waals surface area contributed by atoms with Crippen LogP contribution in [0.15, 0.2) is 24.3 Å². The van der Waals surface area contributed by atoms with E-state index in [9.17, 15) is 9.59 Å². The highest BCUT2D eigenvalue weighted by molar-refractivity contribution is 5.90. The molecule has 0 bridgehead atoms. The van der Waals surface area contributed by atoms with Crippen molar-refractivity contribution in [1.82, 2.24) is 15.5 Å². The number of carbonyl (C=O) groups is 2. The van der Waals surface area contributed by atoms with E-state index in [0.29, 0.717) is 26.1 Å². The summed E-state index contributed by atoms with van der Waals surface area (Å²) in [5, 5.41) is 6.18. The van der Waals surface area contributed by atoms with Crippen LogP contribution in [-0.2, 0) is 16.1 Å². The average Bonchev–Trinajstić information content (AvgIpc) is 2.96. The van der Waals surface area contributed by atoms with Gasteiger partial charge in [-0.2, -0.15) is 0 Å². The summed E-state index contributed by atoms with van der Waals surface area (Å²) >= 11 is 0. The molecule has 2 saturated heterocycles. The Balaban J connectivity index is 0.00000225. The predicted molar refractivity (Wildman–Crippen MR) is 97.8 cm³/mol. The van der Waals surface area contributed by atoms with Gasteiger partial charge in [0.2, 0.25) is 11.8 Å². The lowest BCUT2D eigenvalue weighted by atomic mass is 9.98. The number of amides is 2. The molecule has 0 aromatic heterocycles. The number of nitrogens with one attached hydrogen (secondary N) is 2. The normalized spacial score (nSPS) is 23.1. The summed E-state index contributed by atoms with van der Waals surface area (Å²) in [6.45, 7) is 2.93. The fraction of sp³-hybridized carbons (Fsp3) is 0.556. The second-order valence-corrected chi connectivity index (χ2v) is 6.50. The molecule has 3 rings (SSSR count). The van der Waals surface area contributed by atoms with Gasteiger partial charge in [0.25, 0.3) is 0 Å². The van der Waals surface area contributed by atoms with Crippen LogP contribution in [0.25, 0.3) is 0 Å². The lowest BCUT2D eigenvalue weighted by Gasteiger charge is -2.23. The molecule has 0 saturated carbocycles. The van der Waals surface area contributed by atoms with Crippen LogP contribution in [0, 0.1) is 5.92 Å². The van der Waals surface area contributed by atoms with Gasteiger partial charge in [0.05, 0.1) is 13.0 Å². The van der Waals surface area contributed by atoms with Gasteiger partial charge in [-0.3, -0.25) is 9.59 Å². The largest absolute Gasteiger partial charge is 0.497 e. The van der Waals surface area contributed by atoms with E-state index >= 15 is 0 Å². The third-order valence-electron chi connectivity index (χ3n) is 4.81. The maximum atomic E-state index is 12.5. The lowest BCUT2D eigenvalue weighted by molar-refractivity contribution is -0.134. The van der Waals surface area contributed by atoms with Crippen molar-refractivity contribution in [2.75, 3.05) is 26.7 Å². The molecule has 0 radical (unpaired) electrons. The number of hydrogen-bond donors (Lipinski definition) is 2. The number of ether oxygens (including phenoxy) is 1. The van der Waals surface area contributed by atoms with E-state index < -0.39 is 0 Å². The van der Waals surface area contributed by atoms with E-state index in [2.05, 4.69) is 10.6 Å². The minimum atomic E-state index is -0.377. The monoisotopic (exact) mass is 367 g/mol. The predicted octanol–water partition coefficient (Wildman–Crippen LogP) is 1.33. The quantitative estimate of drug-likeness (QED) is 0.823. The summed E-state index contributed by atoms with van der Waals surface area (Å²) in [6, 6.07) is 7.34.